The van der Waals surface area contributed by atoms with Gasteiger partial charge in [-0.3, -0.25) is 14.6 Å². The molecule has 1 fully saturated rings. The van der Waals surface area contributed by atoms with Gasteiger partial charge in [-0.2, -0.15) is 0 Å². The van der Waals surface area contributed by atoms with Crippen molar-refractivity contribution in [1.29, 1.82) is 0 Å². The molecule has 3 N–H and O–H groups in total. The molecule has 2 heterocycles. The molecule has 1 aromatic heterocycles. The third kappa shape index (κ3) is 5.52. The number of primary amides is 1. The molecule has 0 bridgehead atoms. The first-order chi connectivity index (χ1) is 12.6. The number of rotatable bonds is 5. The Bertz CT molecular complexity index is 762. The van der Waals surface area contributed by atoms with Crippen molar-refractivity contribution in [2.24, 2.45) is 5.73 Å². The second kappa shape index (κ2) is 10.0. The molecule has 0 aliphatic carbocycles. The normalized spacial score (nSPS) is 16.7. The number of hydrogen-bond donors (Lipinski definition) is 2. The molecule has 2 amide bonds. The SMILES string of the molecule is Cl.NC(=O)c1cccc(C(=O)N(Cc2ccccn2)C2CCCNCC2)c1. The van der Waals surface area contributed by atoms with Crippen LogP contribution in [0.1, 0.15) is 45.7 Å². The minimum absolute atomic E-state index is 0. The molecule has 0 radical (unpaired) electrons. The Balaban J connectivity index is 0.00000261. The summed E-state index contributed by atoms with van der Waals surface area (Å²) < 4.78 is 0. The van der Waals surface area contributed by atoms with Crippen LogP contribution in [0.2, 0.25) is 0 Å². The van der Waals surface area contributed by atoms with Gasteiger partial charge in [-0.1, -0.05) is 12.1 Å². The average Bonchev–Trinajstić information content (AvgIpc) is 2.96. The molecule has 7 heteroatoms. The minimum atomic E-state index is -0.533. The van der Waals surface area contributed by atoms with E-state index in [1.165, 1.54) is 0 Å². The summed E-state index contributed by atoms with van der Waals surface area (Å²) in [7, 11) is 0. The van der Waals surface area contributed by atoms with Crippen LogP contribution in [-0.4, -0.2) is 40.8 Å². The highest BCUT2D eigenvalue weighted by molar-refractivity contribution is 5.99. The van der Waals surface area contributed by atoms with Crippen LogP contribution in [0.5, 0.6) is 0 Å². The van der Waals surface area contributed by atoms with E-state index in [9.17, 15) is 9.59 Å². The van der Waals surface area contributed by atoms with Crippen molar-refractivity contribution in [1.82, 2.24) is 15.2 Å². The Morgan fingerprint density at radius 1 is 1.11 bits per heavy atom. The highest BCUT2D eigenvalue weighted by Crippen LogP contribution is 2.20. The van der Waals surface area contributed by atoms with E-state index in [1.54, 1.807) is 30.5 Å². The van der Waals surface area contributed by atoms with Gasteiger partial charge >= 0.3 is 0 Å². The van der Waals surface area contributed by atoms with Crippen LogP contribution in [0.15, 0.2) is 48.7 Å². The van der Waals surface area contributed by atoms with E-state index < -0.39 is 5.91 Å². The highest BCUT2D eigenvalue weighted by atomic mass is 35.5. The van der Waals surface area contributed by atoms with Gasteiger partial charge in [0, 0.05) is 23.4 Å². The molecule has 27 heavy (non-hydrogen) atoms. The van der Waals surface area contributed by atoms with Gasteiger partial charge in [0.2, 0.25) is 5.91 Å². The number of hydrogen-bond acceptors (Lipinski definition) is 4. The maximum Gasteiger partial charge on any atom is 0.254 e. The quantitative estimate of drug-likeness (QED) is 0.823. The highest BCUT2D eigenvalue weighted by Gasteiger charge is 2.26. The fourth-order valence-electron chi connectivity index (χ4n) is 3.32. The second-order valence-electron chi connectivity index (χ2n) is 6.53. The maximum absolute atomic E-state index is 13.3. The predicted octanol–water partition coefficient (Wildman–Crippen LogP) is 2.39. The summed E-state index contributed by atoms with van der Waals surface area (Å²) in [4.78, 5) is 31.0. The monoisotopic (exact) mass is 388 g/mol. The topological polar surface area (TPSA) is 88.3 Å². The van der Waals surface area contributed by atoms with Crippen LogP contribution in [0.4, 0.5) is 0 Å². The van der Waals surface area contributed by atoms with Crippen LogP contribution in [0, 0.1) is 0 Å². The Labute approximate surface area is 165 Å². The summed E-state index contributed by atoms with van der Waals surface area (Å²) in [5.74, 6) is -0.625. The summed E-state index contributed by atoms with van der Waals surface area (Å²) in [5.41, 5.74) is 7.04. The minimum Gasteiger partial charge on any atom is -0.366 e. The van der Waals surface area contributed by atoms with Crippen LogP contribution >= 0.6 is 12.4 Å². The Kier molecular flexibility index (Phi) is 7.76. The van der Waals surface area contributed by atoms with Crippen LogP contribution in [-0.2, 0) is 6.54 Å². The molecule has 1 aliphatic rings. The van der Waals surface area contributed by atoms with E-state index in [0.29, 0.717) is 17.7 Å². The third-order valence-corrected chi connectivity index (χ3v) is 4.70. The second-order valence-corrected chi connectivity index (χ2v) is 6.53. The number of aromatic nitrogens is 1. The molecule has 6 nitrogen and oxygen atoms in total. The van der Waals surface area contributed by atoms with Crippen LogP contribution in [0.25, 0.3) is 0 Å². The van der Waals surface area contributed by atoms with E-state index in [2.05, 4.69) is 10.3 Å². The fourth-order valence-corrected chi connectivity index (χ4v) is 3.32. The van der Waals surface area contributed by atoms with Crippen molar-refractivity contribution in [2.75, 3.05) is 13.1 Å². The van der Waals surface area contributed by atoms with Gasteiger partial charge in [-0.05, 0) is 62.7 Å². The molecular weight excluding hydrogens is 364 g/mol. The van der Waals surface area contributed by atoms with Gasteiger partial charge in [-0.15, -0.1) is 12.4 Å². The number of halogens is 1. The number of carbonyl (C=O) groups excluding carboxylic acids is 2. The van der Waals surface area contributed by atoms with Crippen molar-refractivity contribution in [3.63, 3.8) is 0 Å². The van der Waals surface area contributed by atoms with E-state index in [4.69, 9.17) is 5.73 Å². The predicted molar refractivity (Wildman–Crippen MR) is 107 cm³/mol. The number of pyridine rings is 1. The molecule has 0 saturated carbocycles. The number of nitrogens with zero attached hydrogens (tertiary/aromatic N) is 2. The molecule has 144 valence electrons. The first-order valence-corrected chi connectivity index (χ1v) is 8.96. The standard InChI is InChI=1S/C20H24N4O2.ClH/c21-19(25)15-5-3-6-16(13-15)20(26)24(14-17-7-1-2-11-23-17)18-8-4-10-22-12-9-18;/h1-3,5-7,11,13,18,22H,4,8-10,12,14H2,(H2,21,25);1H. The maximum atomic E-state index is 13.3. The van der Waals surface area contributed by atoms with Crippen molar-refractivity contribution in [3.8, 4) is 0 Å². The van der Waals surface area contributed by atoms with Crippen molar-refractivity contribution < 1.29 is 9.59 Å². The van der Waals surface area contributed by atoms with Gasteiger partial charge in [0.25, 0.3) is 5.91 Å². The van der Waals surface area contributed by atoms with Crippen molar-refractivity contribution in [3.05, 3.63) is 65.5 Å². The molecule has 1 aromatic carbocycles. The van der Waals surface area contributed by atoms with Crippen LogP contribution < -0.4 is 11.1 Å². The molecule has 3 rings (SSSR count). The van der Waals surface area contributed by atoms with E-state index in [1.807, 2.05) is 23.1 Å². The largest absolute Gasteiger partial charge is 0.366 e. The van der Waals surface area contributed by atoms with Crippen molar-refractivity contribution >= 4 is 24.2 Å². The molecule has 1 saturated heterocycles. The molecule has 0 spiro atoms. The number of benzene rings is 1. The van der Waals surface area contributed by atoms with Crippen LogP contribution in [0.3, 0.4) is 0 Å². The summed E-state index contributed by atoms with van der Waals surface area (Å²) in [6, 6.07) is 12.5. The molecule has 1 unspecified atom stereocenters. The van der Waals surface area contributed by atoms with Gasteiger partial charge in [0.05, 0.1) is 12.2 Å². The summed E-state index contributed by atoms with van der Waals surface area (Å²) in [5, 5.41) is 3.38. The summed E-state index contributed by atoms with van der Waals surface area (Å²) in [6.45, 7) is 2.31. The zero-order chi connectivity index (χ0) is 18.4. The molecular formula is C20H25ClN4O2. The lowest BCUT2D eigenvalue weighted by Crippen LogP contribution is -2.40. The molecule has 1 aliphatic heterocycles. The first-order valence-electron chi connectivity index (χ1n) is 8.96. The number of nitrogens with two attached hydrogens (primary N) is 1. The lowest BCUT2D eigenvalue weighted by molar-refractivity contribution is 0.0642. The number of amides is 2. The van der Waals surface area contributed by atoms with E-state index in [0.717, 1.165) is 38.0 Å². The zero-order valence-corrected chi connectivity index (χ0v) is 16.0. The van der Waals surface area contributed by atoms with Gasteiger partial charge in [0.15, 0.2) is 0 Å². The zero-order valence-electron chi connectivity index (χ0n) is 15.1. The Hall–Kier alpha value is -2.44. The van der Waals surface area contributed by atoms with E-state index in [-0.39, 0.29) is 24.4 Å². The summed E-state index contributed by atoms with van der Waals surface area (Å²) in [6.07, 6.45) is 4.60. The van der Waals surface area contributed by atoms with Gasteiger partial charge < -0.3 is 16.0 Å². The van der Waals surface area contributed by atoms with E-state index >= 15 is 0 Å². The average molecular weight is 389 g/mol. The lowest BCUT2D eigenvalue weighted by Gasteiger charge is -2.31. The number of carbonyl (C=O) groups is 2. The van der Waals surface area contributed by atoms with Crippen molar-refractivity contribution in [2.45, 2.75) is 31.8 Å². The third-order valence-electron chi connectivity index (χ3n) is 4.70. The number of nitrogens with one attached hydrogen (secondary N) is 1. The lowest BCUT2D eigenvalue weighted by atomic mass is 10.0. The Morgan fingerprint density at radius 2 is 1.93 bits per heavy atom. The Morgan fingerprint density at radius 3 is 2.67 bits per heavy atom. The van der Waals surface area contributed by atoms with Gasteiger partial charge in [0.1, 0.15) is 0 Å². The summed E-state index contributed by atoms with van der Waals surface area (Å²) >= 11 is 0. The van der Waals surface area contributed by atoms with Gasteiger partial charge in [-0.25, -0.2) is 0 Å². The molecule has 1 atom stereocenters. The smallest absolute Gasteiger partial charge is 0.254 e. The first kappa shape index (κ1) is 20.9. The fraction of sp³-hybridized carbons (Fsp3) is 0.350. The molecule has 2 aromatic rings.